The number of esters is 5. The van der Waals surface area contributed by atoms with Crippen LogP contribution in [0.4, 0.5) is 0 Å². The van der Waals surface area contributed by atoms with Gasteiger partial charge in [-0.3, -0.25) is 0 Å². The van der Waals surface area contributed by atoms with Gasteiger partial charge in [0.15, 0.2) is 6.61 Å². The molecule has 10 nitrogen and oxygen atoms in total. The van der Waals surface area contributed by atoms with Crippen LogP contribution in [0, 0.1) is 0 Å². The SMILES string of the molecule is CCCCOC(=O)/C=C\C(=O)OCCOC(=O)COC(=O)/C=C\C(=O)OCCCC. The molecule has 0 aliphatic rings. The van der Waals surface area contributed by atoms with E-state index in [9.17, 15) is 24.0 Å². The van der Waals surface area contributed by atoms with E-state index >= 15 is 0 Å². The summed E-state index contributed by atoms with van der Waals surface area (Å²) >= 11 is 0. The molecule has 0 atom stereocenters. The molecule has 0 saturated carbocycles. The fourth-order valence-electron chi connectivity index (χ4n) is 1.57. The van der Waals surface area contributed by atoms with Gasteiger partial charge in [-0.1, -0.05) is 26.7 Å². The fraction of sp³-hybridized carbons (Fsp3) is 0.550. The molecule has 0 rings (SSSR count). The first kappa shape index (κ1) is 26.8. The zero-order valence-electron chi connectivity index (χ0n) is 17.3. The maximum atomic E-state index is 11.4. The molecule has 10 heteroatoms. The third-order valence-electron chi connectivity index (χ3n) is 3.12. The van der Waals surface area contributed by atoms with Crippen LogP contribution < -0.4 is 0 Å². The maximum Gasteiger partial charge on any atom is 0.344 e. The van der Waals surface area contributed by atoms with Gasteiger partial charge in [0.1, 0.15) is 13.2 Å². The van der Waals surface area contributed by atoms with E-state index in [-0.39, 0.29) is 26.4 Å². The molecular formula is C20H28O10. The molecule has 0 aromatic heterocycles. The van der Waals surface area contributed by atoms with E-state index < -0.39 is 36.5 Å². The second kappa shape index (κ2) is 17.9. The Bertz CT molecular complexity index is 621. The van der Waals surface area contributed by atoms with Crippen LogP contribution in [0.5, 0.6) is 0 Å². The van der Waals surface area contributed by atoms with Gasteiger partial charge in [0, 0.05) is 24.3 Å². The minimum absolute atomic E-state index is 0.253. The van der Waals surface area contributed by atoms with Crippen molar-refractivity contribution in [3.63, 3.8) is 0 Å². The van der Waals surface area contributed by atoms with Crippen LogP contribution in [0.15, 0.2) is 24.3 Å². The number of ether oxygens (including phenoxy) is 5. The van der Waals surface area contributed by atoms with Gasteiger partial charge in [-0.05, 0) is 12.8 Å². The second-order valence-electron chi connectivity index (χ2n) is 5.70. The molecule has 0 bridgehead atoms. The highest BCUT2D eigenvalue weighted by Gasteiger charge is 2.08. The Morgan fingerprint density at radius 3 is 1.33 bits per heavy atom. The maximum absolute atomic E-state index is 11.4. The molecule has 0 aromatic carbocycles. The lowest BCUT2D eigenvalue weighted by molar-refractivity contribution is -0.158. The lowest BCUT2D eigenvalue weighted by Gasteiger charge is -2.05. The Balaban J connectivity index is 3.86. The van der Waals surface area contributed by atoms with E-state index in [0.717, 1.165) is 43.6 Å². The third kappa shape index (κ3) is 17.0. The van der Waals surface area contributed by atoms with Crippen molar-refractivity contribution in [2.24, 2.45) is 0 Å². The van der Waals surface area contributed by atoms with Crippen molar-refractivity contribution in [2.75, 3.05) is 33.0 Å². The number of carbonyl (C=O) groups is 5. The van der Waals surface area contributed by atoms with Crippen LogP contribution in [-0.2, 0) is 47.7 Å². The number of hydrogen-bond donors (Lipinski definition) is 0. The molecular weight excluding hydrogens is 400 g/mol. The van der Waals surface area contributed by atoms with Crippen molar-refractivity contribution in [1.82, 2.24) is 0 Å². The zero-order valence-corrected chi connectivity index (χ0v) is 17.3. The van der Waals surface area contributed by atoms with Gasteiger partial charge in [-0.2, -0.15) is 0 Å². The molecule has 0 aliphatic carbocycles. The van der Waals surface area contributed by atoms with Gasteiger partial charge in [0.25, 0.3) is 0 Å². The average molecular weight is 428 g/mol. The molecule has 0 aromatic rings. The zero-order chi connectivity index (χ0) is 22.6. The molecule has 0 amide bonds. The number of hydrogen-bond acceptors (Lipinski definition) is 10. The first-order chi connectivity index (χ1) is 14.4. The minimum atomic E-state index is -0.915. The lowest BCUT2D eigenvalue weighted by atomic mass is 10.4. The summed E-state index contributed by atoms with van der Waals surface area (Å²) in [5.41, 5.74) is 0. The molecule has 0 heterocycles. The van der Waals surface area contributed by atoms with Crippen molar-refractivity contribution >= 4 is 29.8 Å². The van der Waals surface area contributed by atoms with E-state index in [1.165, 1.54) is 0 Å². The van der Waals surface area contributed by atoms with E-state index in [0.29, 0.717) is 6.42 Å². The predicted octanol–water partition coefficient (Wildman–Crippen LogP) is 1.41. The predicted molar refractivity (Wildman–Crippen MR) is 103 cm³/mol. The average Bonchev–Trinajstić information content (AvgIpc) is 2.72. The van der Waals surface area contributed by atoms with Gasteiger partial charge in [-0.25, -0.2) is 24.0 Å². The van der Waals surface area contributed by atoms with Crippen LogP contribution in [0.3, 0.4) is 0 Å². The Morgan fingerprint density at radius 2 is 0.900 bits per heavy atom. The normalized spacial score (nSPS) is 10.6. The molecule has 0 spiro atoms. The Morgan fingerprint density at radius 1 is 0.533 bits per heavy atom. The summed E-state index contributed by atoms with van der Waals surface area (Å²) in [5, 5.41) is 0. The van der Waals surface area contributed by atoms with E-state index in [4.69, 9.17) is 18.9 Å². The minimum Gasteiger partial charge on any atom is -0.463 e. The fourth-order valence-corrected chi connectivity index (χ4v) is 1.57. The largest absolute Gasteiger partial charge is 0.463 e. The first-order valence-electron chi connectivity index (χ1n) is 9.57. The van der Waals surface area contributed by atoms with Gasteiger partial charge in [-0.15, -0.1) is 0 Å². The second-order valence-corrected chi connectivity index (χ2v) is 5.70. The molecule has 0 radical (unpaired) electrons. The first-order valence-corrected chi connectivity index (χ1v) is 9.57. The number of carbonyl (C=O) groups excluding carboxylic acids is 5. The van der Waals surface area contributed by atoms with Crippen LogP contribution >= 0.6 is 0 Å². The van der Waals surface area contributed by atoms with Crippen LogP contribution in [-0.4, -0.2) is 62.9 Å². The van der Waals surface area contributed by atoms with Gasteiger partial charge in [0.05, 0.1) is 13.2 Å². The van der Waals surface area contributed by atoms with Crippen molar-refractivity contribution in [3.8, 4) is 0 Å². The highest BCUT2D eigenvalue weighted by atomic mass is 16.6. The standard InChI is InChI=1S/C20H28O10/c1-3-5-11-26-16(21)7-8-18(23)28-13-14-29-20(25)15-30-19(24)10-9-17(22)27-12-6-4-2/h7-10H,3-6,11-15H2,1-2H3/b8-7-,10-9-. The third-order valence-corrected chi connectivity index (χ3v) is 3.12. The van der Waals surface area contributed by atoms with Crippen LogP contribution in [0.2, 0.25) is 0 Å². The van der Waals surface area contributed by atoms with E-state index in [1.54, 1.807) is 0 Å². The summed E-state index contributed by atoms with van der Waals surface area (Å²) in [6.45, 7) is 3.22. The molecule has 0 aliphatic heterocycles. The van der Waals surface area contributed by atoms with Crippen molar-refractivity contribution < 1.29 is 47.7 Å². The summed E-state index contributed by atoms with van der Waals surface area (Å²) in [5.74, 6) is -3.93. The topological polar surface area (TPSA) is 132 Å². The Kier molecular flexibility index (Phi) is 16.0. The van der Waals surface area contributed by atoms with Gasteiger partial charge >= 0.3 is 29.8 Å². The summed E-state index contributed by atoms with van der Waals surface area (Å²) < 4.78 is 23.6. The van der Waals surface area contributed by atoms with Crippen LogP contribution in [0.1, 0.15) is 39.5 Å². The molecule has 0 saturated heterocycles. The quantitative estimate of drug-likeness (QED) is 0.163. The summed E-state index contributed by atoms with van der Waals surface area (Å²) in [6, 6.07) is 0. The lowest BCUT2D eigenvalue weighted by Crippen LogP contribution is -2.18. The van der Waals surface area contributed by atoms with E-state index in [2.05, 4.69) is 4.74 Å². The Labute approximate surface area is 175 Å². The molecule has 0 fully saturated rings. The molecule has 0 N–H and O–H groups in total. The molecule has 30 heavy (non-hydrogen) atoms. The highest BCUT2D eigenvalue weighted by Crippen LogP contribution is 1.93. The highest BCUT2D eigenvalue weighted by molar-refractivity contribution is 5.92. The summed E-state index contributed by atoms with van der Waals surface area (Å²) in [4.78, 5) is 56.7. The number of unbranched alkanes of at least 4 members (excludes halogenated alkanes) is 2. The molecule has 168 valence electrons. The van der Waals surface area contributed by atoms with Gasteiger partial charge < -0.3 is 23.7 Å². The van der Waals surface area contributed by atoms with Gasteiger partial charge in [0.2, 0.25) is 0 Å². The number of rotatable bonds is 15. The van der Waals surface area contributed by atoms with E-state index in [1.807, 2.05) is 13.8 Å². The monoisotopic (exact) mass is 428 g/mol. The summed E-state index contributed by atoms with van der Waals surface area (Å²) in [6.07, 6.45) is 6.76. The van der Waals surface area contributed by atoms with Crippen molar-refractivity contribution in [1.29, 1.82) is 0 Å². The van der Waals surface area contributed by atoms with Crippen LogP contribution in [0.25, 0.3) is 0 Å². The molecule has 0 unspecified atom stereocenters. The Hall–Kier alpha value is -3.17. The van der Waals surface area contributed by atoms with Crippen molar-refractivity contribution in [2.45, 2.75) is 39.5 Å². The van der Waals surface area contributed by atoms with Crippen molar-refractivity contribution in [3.05, 3.63) is 24.3 Å². The summed E-state index contributed by atoms with van der Waals surface area (Å²) in [7, 11) is 0. The smallest absolute Gasteiger partial charge is 0.344 e.